The molecule has 1 amide bonds. The van der Waals surface area contributed by atoms with Crippen LogP contribution in [-0.2, 0) is 20.8 Å². The van der Waals surface area contributed by atoms with Crippen LogP contribution in [0.3, 0.4) is 0 Å². The van der Waals surface area contributed by atoms with E-state index in [-0.39, 0.29) is 22.9 Å². The number of carbonyl (C=O) groups excluding carboxylic acids is 1. The van der Waals surface area contributed by atoms with E-state index in [9.17, 15) is 4.79 Å². The van der Waals surface area contributed by atoms with Gasteiger partial charge in [0.1, 0.15) is 22.3 Å². The average molecular weight is 381 g/mol. The van der Waals surface area contributed by atoms with Crippen molar-refractivity contribution < 1.29 is 9.53 Å². The molecule has 8 heteroatoms. The molecule has 2 heterocycles. The summed E-state index contributed by atoms with van der Waals surface area (Å²) in [6.45, 7) is 0.487. The van der Waals surface area contributed by atoms with Gasteiger partial charge in [-0.25, -0.2) is 4.99 Å². The summed E-state index contributed by atoms with van der Waals surface area (Å²) in [5, 5.41) is 2.97. The van der Waals surface area contributed by atoms with Crippen molar-refractivity contribution in [2.45, 2.75) is 23.8 Å². The number of allylic oxidation sites excluding steroid dienone is 2. The van der Waals surface area contributed by atoms with E-state index in [1.807, 2.05) is 24.3 Å². The van der Waals surface area contributed by atoms with E-state index in [4.69, 9.17) is 39.4 Å². The number of amidine groups is 1. The van der Waals surface area contributed by atoms with E-state index >= 15 is 0 Å². The lowest BCUT2D eigenvalue weighted by atomic mass is 9.88. The number of nitrogens with one attached hydrogen (secondary N) is 1. The highest BCUT2D eigenvalue weighted by Crippen LogP contribution is 2.39. The van der Waals surface area contributed by atoms with Crippen LogP contribution in [0.4, 0.5) is 0 Å². The second kappa shape index (κ2) is 6.98. The molecule has 6 nitrogen and oxygen atoms in total. The van der Waals surface area contributed by atoms with Gasteiger partial charge < -0.3 is 21.5 Å². The first-order valence-corrected chi connectivity index (χ1v) is 8.54. The van der Waals surface area contributed by atoms with Crippen LogP contribution in [0.1, 0.15) is 17.5 Å². The number of nitrogens with zero attached hydrogens (tertiary/aromatic N) is 1. The molecule has 132 valence electrons. The highest BCUT2D eigenvalue weighted by molar-refractivity contribution is 6.33. The molecule has 0 fully saturated rings. The fraction of sp³-hybridized carbons (Fsp3) is 0.294. The zero-order valence-corrected chi connectivity index (χ0v) is 14.8. The topological polar surface area (TPSA) is 103 Å². The van der Waals surface area contributed by atoms with Gasteiger partial charge in [0.15, 0.2) is 0 Å². The van der Waals surface area contributed by atoms with E-state index in [0.29, 0.717) is 6.61 Å². The molecule has 0 saturated carbocycles. The van der Waals surface area contributed by atoms with Crippen molar-refractivity contribution in [1.29, 1.82) is 0 Å². The minimum atomic E-state index is -1.06. The third kappa shape index (κ3) is 3.91. The van der Waals surface area contributed by atoms with Crippen LogP contribution < -0.4 is 16.8 Å². The number of hydrogen-bond donors (Lipinski definition) is 3. The number of ether oxygens (including phenoxy) is 1. The van der Waals surface area contributed by atoms with Gasteiger partial charge in [0.05, 0.1) is 6.04 Å². The van der Waals surface area contributed by atoms with Crippen molar-refractivity contribution in [3.05, 3.63) is 58.4 Å². The Morgan fingerprint density at radius 1 is 1.40 bits per heavy atom. The van der Waals surface area contributed by atoms with Gasteiger partial charge in [0.2, 0.25) is 0 Å². The van der Waals surface area contributed by atoms with Crippen molar-refractivity contribution in [1.82, 2.24) is 5.32 Å². The number of alkyl halides is 1. The number of aryl methyl sites for hydroxylation is 1. The van der Waals surface area contributed by atoms with Crippen molar-refractivity contribution in [3.8, 4) is 0 Å². The predicted molar refractivity (Wildman–Crippen MR) is 98.0 cm³/mol. The Hall–Kier alpha value is -2.18. The van der Waals surface area contributed by atoms with Crippen LogP contribution >= 0.6 is 23.2 Å². The zero-order chi connectivity index (χ0) is 18.0. The lowest BCUT2D eigenvalue weighted by Crippen LogP contribution is -2.32. The van der Waals surface area contributed by atoms with Crippen molar-refractivity contribution >= 4 is 35.1 Å². The molecule has 5 N–H and O–H groups in total. The summed E-state index contributed by atoms with van der Waals surface area (Å²) in [7, 11) is 0. The molecule has 2 aliphatic heterocycles. The molecule has 2 aliphatic rings. The summed E-state index contributed by atoms with van der Waals surface area (Å²) in [5.41, 5.74) is 12.9. The SMILES string of the molecule is NC(=O)C1=CC(Cl)(c2ccccc2CCC2COC(N)=N2)C=C(Cl)N1. The maximum atomic E-state index is 11.5. The molecule has 2 atom stereocenters. The van der Waals surface area contributed by atoms with Gasteiger partial charge in [-0.3, -0.25) is 4.79 Å². The zero-order valence-electron chi connectivity index (χ0n) is 13.3. The number of rotatable bonds is 5. The molecular formula is C17H18Cl2N4O2. The van der Waals surface area contributed by atoms with Crippen LogP contribution in [0, 0.1) is 0 Å². The number of amides is 1. The largest absolute Gasteiger partial charge is 0.463 e. The molecule has 2 unspecified atom stereocenters. The molecule has 0 saturated heterocycles. The van der Waals surface area contributed by atoms with Crippen LogP contribution in [0.5, 0.6) is 0 Å². The van der Waals surface area contributed by atoms with Crippen LogP contribution in [0.25, 0.3) is 0 Å². The smallest absolute Gasteiger partial charge is 0.282 e. The van der Waals surface area contributed by atoms with Crippen LogP contribution in [0.2, 0.25) is 0 Å². The summed E-state index contributed by atoms with van der Waals surface area (Å²) in [6.07, 6.45) is 4.73. The Kier molecular flexibility index (Phi) is 4.92. The molecule has 0 radical (unpaired) electrons. The maximum Gasteiger partial charge on any atom is 0.282 e. The summed E-state index contributed by atoms with van der Waals surface area (Å²) in [4.78, 5) is 14.7. The van der Waals surface area contributed by atoms with Gasteiger partial charge in [-0.05, 0) is 36.1 Å². The van der Waals surface area contributed by atoms with E-state index in [0.717, 1.165) is 24.0 Å². The van der Waals surface area contributed by atoms with Gasteiger partial charge in [-0.2, -0.15) is 0 Å². The summed E-state index contributed by atoms with van der Waals surface area (Å²) in [6, 6.07) is 7.99. The van der Waals surface area contributed by atoms with Crippen LogP contribution in [0.15, 0.2) is 52.3 Å². The number of carbonyl (C=O) groups is 1. The Morgan fingerprint density at radius 2 is 2.16 bits per heavy atom. The molecule has 25 heavy (non-hydrogen) atoms. The third-order valence-corrected chi connectivity index (χ3v) is 4.75. The molecule has 1 aromatic carbocycles. The van der Waals surface area contributed by atoms with Gasteiger partial charge in [-0.1, -0.05) is 35.9 Å². The first-order chi connectivity index (χ1) is 11.9. The number of benzene rings is 1. The summed E-state index contributed by atoms with van der Waals surface area (Å²) in [5.74, 6) is -0.623. The monoisotopic (exact) mass is 380 g/mol. The Morgan fingerprint density at radius 3 is 2.84 bits per heavy atom. The first kappa shape index (κ1) is 17.6. The molecule has 0 spiro atoms. The van der Waals surface area contributed by atoms with E-state index in [1.165, 1.54) is 0 Å². The number of nitrogens with two attached hydrogens (primary N) is 2. The highest BCUT2D eigenvalue weighted by atomic mass is 35.5. The van der Waals surface area contributed by atoms with Crippen molar-refractivity contribution in [3.63, 3.8) is 0 Å². The fourth-order valence-corrected chi connectivity index (χ4v) is 3.68. The Bertz CT molecular complexity index is 791. The summed E-state index contributed by atoms with van der Waals surface area (Å²) >= 11 is 12.9. The second-order valence-corrected chi connectivity index (χ2v) is 6.97. The number of hydrogen-bond acceptors (Lipinski definition) is 5. The van der Waals surface area contributed by atoms with E-state index in [2.05, 4.69) is 10.3 Å². The van der Waals surface area contributed by atoms with Crippen molar-refractivity contribution in [2.24, 2.45) is 16.5 Å². The Labute approximate surface area is 155 Å². The predicted octanol–water partition coefficient (Wildman–Crippen LogP) is 1.82. The van der Waals surface area contributed by atoms with E-state index < -0.39 is 10.8 Å². The first-order valence-electron chi connectivity index (χ1n) is 7.79. The molecule has 3 rings (SSSR count). The standard InChI is InChI=1S/C17H18Cl2N4O2/c18-14-8-17(19,7-13(23-14)15(20)24)12-4-2-1-3-10(12)5-6-11-9-25-16(21)22-11/h1-4,7-8,11,23H,5-6,9H2,(H2,20,24)(H2,21,22). The molecule has 0 bridgehead atoms. The molecule has 0 aliphatic carbocycles. The third-order valence-electron chi connectivity index (χ3n) is 4.12. The summed E-state index contributed by atoms with van der Waals surface area (Å²) < 4.78 is 5.18. The number of halogens is 2. The van der Waals surface area contributed by atoms with E-state index in [1.54, 1.807) is 12.2 Å². The number of dihydropyridines is 1. The average Bonchev–Trinajstić information content (AvgIpc) is 2.98. The number of primary amides is 1. The fourth-order valence-electron chi connectivity index (χ4n) is 2.94. The van der Waals surface area contributed by atoms with Crippen LogP contribution in [-0.4, -0.2) is 24.6 Å². The van der Waals surface area contributed by atoms with Crippen molar-refractivity contribution in [2.75, 3.05) is 6.61 Å². The lowest BCUT2D eigenvalue weighted by molar-refractivity contribution is -0.114. The normalized spacial score (nSPS) is 25.4. The maximum absolute atomic E-state index is 11.5. The second-order valence-electron chi connectivity index (χ2n) is 5.94. The highest BCUT2D eigenvalue weighted by Gasteiger charge is 2.32. The quantitative estimate of drug-likeness (QED) is 0.535. The molecule has 0 aromatic heterocycles. The number of aliphatic imine (C=N–C) groups is 1. The van der Waals surface area contributed by atoms with Gasteiger partial charge >= 0.3 is 0 Å². The van der Waals surface area contributed by atoms with Gasteiger partial charge in [0.25, 0.3) is 11.9 Å². The molecule has 1 aromatic rings. The minimum absolute atomic E-state index is 0.0307. The lowest BCUT2D eigenvalue weighted by Gasteiger charge is -2.28. The Balaban J connectivity index is 1.89. The molecular weight excluding hydrogens is 363 g/mol. The van der Waals surface area contributed by atoms with Gasteiger partial charge in [0, 0.05) is 0 Å². The van der Waals surface area contributed by atoms with Gasteiger partial charge in [-0.15, -0.1) is 11.6 Å². The minimum Gasteiger partial charge on any atom is -0.463 e.